The molecular weight excluding hydrogens is 248 g/mol. The number of benzene rings is 1. The summed E-state index contributed by atoms with van der Waals surface area (Å²) in [5.74, 6) is -9.06. The molecule has 1 N–H and O–H groups in total. The summed E-state index contributed by atoms with van der Waals surface area (Å²) in [5, 5.41) is 9.14. The zero-order valence-electron chi connectivity index (χ0n) is 9.36. The number of hydrogen-bond acceptors (Lipinski definition) is 1. The van der Waals surface area contributed by atoms with E-state index in [9.17, 15) is 17.6 Å². The van der Waals surface area contributed by atoms with Gasteiger partial charge in [-0.1, -0.05) is 43.0 Å². The number of alkyl halides is 4. The molecule has 1 unspecified atom stereocenters. The van der Waals surface area contributed by atoms with Gasteiger partial charge in [0.2, 0.25) is 0 Å². The Morgan fingerprint density at radius 2 is 1.67 bits per heavy atom. The third-order valence-corrected chi connectivity index (χ3v) is 2.34. The maximum absolute atomic E-state index is 13.2. The van der Waals surface area contributed by atoms with Gasteiger partial charge in [0.15, 0.2) is 0 Å². The van der Waals surface area contributed by atoms with Gasteiger partial charge in [-0.3, -0.25) is 0 Å². The van der Waals surface area contributed by atoms with Crippen molar-refractivity contribution in [2.75, 3.05) is 0 Å². The van der Waals surface area contributed by atoms with Crippen molar-refractivity contribution < 1.29 is 22.7 Å². The van der Waals surface area contributed by atoms with Crippen LogP contribution in [0.4, 0.5) is 17.6 Å². The van der Waals surface area contributed by atoms with Crippen LogP contribution in [0, 0.1) is 0 Å². The standard InChI is InChI=1S/C13H12F4O/c1-2-12(14,15)13(16,17)11(18)9-8-10-6-4-3-5-7-10/h2-9,11,18H,1H2/b9-8+. The molecule has 1 atom stereocenters. The lowest BCUT2D eigenvalue weighted by Crippen LogP contribution is -2.47. The van der Waals surface area contributed by atoms with E-state index in [0.29, 0.717) is 11.6 Å². The van der Waals surface area contributed by atoms with Crippen LogP contribution >= 0.6 is 0 Å². The summed E-state index contributed by atoms with van der Waals surface area (Å²) < 4.78 is 52.0. The molecule has 1 aromatic carbocycles. The van der Waals surface area contributed by atoms with E-state index in [1.54, 1.807) is 30.3 Å². The smallest absolute Gasteiger partial charge is 0.342 e. The van der Waals surface area contributed by atoms with Gasteiger partial charge in [0.25, 0.3) is 0 Å². The van der Waals surface area contributed by atoms with E-state index < -0.39 is 17.9 Å². The molecule has 0 aromatic heterocycles. The fourth-order valence-electron chi connectivity index (χ4n) is 1.22. The van der Waals surface area contributed by atoms with Crippen LogP contribution in [0.1, 0.15) is 5.56 Å². The number of allylic oxidation sites excluding steroid dienone is 1. The second-order valence-electron chi connectivity index (χ2n) is 3.66. The van der Waals surface area contributed by atoms with Gasteiger partial charge in [-0.05, 0) is 17.7 Å². The van der Waals surface area contributed by atoms with Gasteiger partial charge >= 0.3 is 11.8 Å². The van der Waals surface area contributed by atoms with Crippen LogP contribution in [-0.4, -0.2) is 23.1 Å². The molecule has 0 saturated carbocycles. The number of halogens is 4. The molecule has 1 nitrogen and oxygen atoms in total. The van der Waals surface area contributed by atoms with E-state index in [4.69, 9.17) is 5.11 Å². The summed E-state index contributed by atoms with van der Waals surface area (Å²) in [4.78, 5) is 0. The summed E-state index contributed by atoms with van der Waals surface area (Å²) in [6.07, 6.45) is -0.984. The van der Waals surface area contributed by atoms with E-state index in [1.165, 1.54) is 0 Å². The van der Waals surface area contributed by atoms with Crippen molar-refractivity contribution in [1.29, 1.82) is 0 Å². The van der Waals surface area contributed by atoms with Gasteiger partial charge < -0.3 is 5.11 Å². The Balaban J connectivity index is 2.86. The molecule has 0 aliphatic carbocycles. The van der Waals surface area contributed by atoms with Crippen LogP contribution in [0.5, 0.6) is 0 Å². The van der Waals surface area contributed by atoms with E-state index in [2.05, 4.69) is 6.58 Å². The lowest BCUT2D eigenvalue weighted by atomic mass is 10.0. The van der Waals surface area contributed by atoms with Crippen LogP contribution in [0.3, 0.4) is 0 Å². The molecule has 0 aliphatic rings. The van der Waals surface area contributed by atoms with Gasteiger partial charge in [-0.2, -0.15) is 17.6 Å². The largest absolute Gasteiger partial charge is 0.382 e. The lowest BCUT2D eigenvalue weighted by Gasteiger charge is -2.26. The van der Waals surface area contributed by atoms with Crippen molar-refractivity contribution in [3.05, 3.63) is 54.6 Å². The van der Waals surface area contributed by atoms with Gasteiger partial charge in [0.1, 0.15) is 6.10 Å². The Bertz CT molecular complexity index is 426. The van der Waals surface area contributed by atoms with Crippen molar-refractivity contribution in [2.24, 2.45) is 0 Å². The van der Waals surface area contributed by atoms with Crippen molar-refractivity contribution >= 4 is 6.08 Å². The summed E-state index contributed by atoms with van der Waals surface area (Å²) >= 11 is 0. The minimum atomic E-state index is -4.60. The monoisotopic (exact) mass is 260 g/mol. The minimum Gasteiger partial charge on any atom is -0.382 e. The zero-order chi connectivity index (χ0) is 13.8. The normalized spacial score (nSPS) is 14.7. The van der Waals surface area contributed by atoms with Crippen LogP contribution in [-0.2, 0) is 0 Å². The average Bonchev–Trinajstić information content (AvgIpc) is 2.36. The fraction of sp³-hybridized carbons (Fsp3) is 0.231. The van der Waals surface area contributed by atoms with Crippen molar-refractivity contribution in [3.8, 4) is 0 Å². The highest BCUT2D eigenvalue weighted by molar-refractivity contribution is 5.49. The Morgan fingerprint density at radius 3 is 2.17 bits per heavy atom. The Kier molecular flexibility index (Phi) is 4.29. The van der Waals surface area contributed by atoms with Crippen LogP contribution in [0.15, 0.2) is 49.1 Å². The molecule has 0 spiro atoms. The molecule has 0 bridgehead atoms. The van der Waals surface area contributed by atoms with Crippen LogP contribution in [0.25, 0.3) is 6.08 Å². The SMILES string of the molecule is C=CC(F)(F)C(F)(F)C(O)/C=C/c1ccccc1. The molecule has 5 heteroatoms. The van der Waals surface area contributed by atoms with Gasteiger partial charge in [-0.25, -0.2) is 0 Å². The van der Waals surface area contributed by atoms with E-state index in [1.807, 2.05) is 0 Å². The summed E-state index contributed by atoms with van der Waals surface area (Å²) in [7, 11) is 0. The zero-order valence-corrected chi connectivity index (χ0v) is 9.36. The molecule has 0 amide bonds. The summed E-state index contributed by atoms with van der Waals surface area (Å²) in [5.41, 5.74) is 0.522. The van der Waals surface area contributed by atoms with E-state index >= 15 is 0 Å². The predicted octanol–water partition coefficient (Wildman–Crippen LogP) is 3.52. The molecule has 1 rings (SSSR count). The molecule has 0 saturated heterocycles. The highest BCUT2D eigenvalue weighted by Crippen LogP contribution is 2.38. The Labute approximate surface area is 102 Å². The first-order valence-electron chi connectivity index (χ1n) is 5.12. The minimum absolute atomic E-state index is 0.174. The van der Waals surface area contributed by atoms with Crippen LogP contribution < -0.4 is 0 Å². The first-order chi connectivity index (χ1) is 8.31. The highest BCUT2D eigenvalue weighted by Gasteiger charge is 2.58. The topological polar surface area (TPSA) is 20.2 Å². The molecule has 1 aromatic rings. The quantitative estimate of drug-likeness (QED) is 0.634. The first kappa shape index (κ1) is 14.4. The number of aliphatic hydroxyl groups is 1. The first-order valence-corrected chi connectivity index (χ1v) is 5.12. The molecule has 98 valence electrons. The maximum Gasteiger partial charge on any atom is 0.342 e. The second kappa shape index (κ2) is 5.35. The third-order valence-electron chi connectivity index (χ3n) is 2.34. The lowest BCUT2D eigenvalue weighted by molar-refractivity contribution is -0.218. The fourth-order valence-corrected chi connectivity index (χ4v) is 1.22. The molecule has 0 fully saturated rings. The predicted molar refractivity (Wildman–Crippen MR) is 61.6 cm³/mol. The third kappa shape index (κ3) is 2.98. The average molecular weight is 260 g/mol. The Morgan fingerprint density at radius 1 is 1.11 bits per heavy atom. The highest BCUT2D eigenvalue weighted by atomic mass is 19.3. The maximum atomic E-state index is 13.2. The number of rotatable bonds is 5. The van der Waals surface area contributed by atoms with E-state index in [-0.39, 0.29) is 6.08 Å². The second-order valence-corrected chi connectivity index (χ2v) is 3.66. The van der Waals surface area contributed by atoms with Crippen molar-refractivity contribution in [1.82, 2.24) is 0 Å². The molecular formula is C13H12F4O. The van der Waals surface area contributed by atoms with Crippen molar-refractivity contribution in [3.63, 3.8) is 0 Å². The summed E-state index contributed by atoms with van der Waals surface area (Å²) in [6, 6.07) is 8.21. The molecule has 0 heterocycles. The van der Waals surface area contributed by atoms with Crippen molar-refractivity contribution in [2.45, 2.75) is 17.9 Å². The van der Waals surface area contributed by atoms with Gasteiger partial charge in [0.05, 0.1) is 0 Å². The number of hydrogen-bond donors (Lipinski definition) is 1. The van der Waals surface area contributed by atoms with Crippen LogP contribution in [0.2, 0.25) is 0 Å². The van der Waals surface area contributed by atoms with Gasteiger partial charge in [-0.15, -0.1) is 0 Å². The molecule has 0 aliphatic heterocycles. The molecule has 0 radical (unpaired) electrons. The molecule has 18 heavy (non-hydrogen) atoms. The van der Waals surface area contributed by atoms with Gasteiger partial charge in [0, 0.05) is 0 Å². The number of aliphatic hydroxyl groups excluding tert-OH is 1. The van der Waals surface area contributed by atoms with E-state index in [0.717, 1.165) is 6.08 Å². The summed E-state index contributed by atoms with van der Waals surface area (Å²) in [6.45, 7) is 2.63. The Hall–Kier alpha value is -1.62.